The Morgan fingerprint density at radius 1 is 1.47 bits per heavy atom. The first-order valence-corrected chi connectivity index (χ1v) is 7.59. The minimum atomic E-state index is -3.20. The van der Waals surface area contributed by atoms with E-state index in [1.54, 1.807) is 4.57 Å². The van der Waals surface area contributed by atoms with Crippen LogP contribution in [-0.2, 0) is 16.0 Å². The number of fused-ring (bicyclic) bond motifs is 1. The number of nitrogens with one attached hydrogen (secondary N) is 1. The summed E-state index contributed by atoms with van der Waals surface area (Å²) in [5.74, 6) is 0.616. The Morgan fingerprint density at radius 3 is 3.00 bits per heavy atom. The van der Waals surface area contributed by atoms with Gasteiger partial charge >= 0.3 is 7.94 Å². The SMILES string of the molecule is C[P+](O)(O)OCCOCn1cnc2c1NC=N[C@@H]2O. The van der Waals surface area contributed by atoms with Crippen LogP contribution in [-0.4, -0.2) is 50.7 Å². The van der Waals surface area contributed by atoms with Crippen LogP contribution in [0.3, 0.4) is 0 Å². The van der Waals surface area contributed by atoms with Gasteiger partial charge < -0.3 is 15.2 Å². The molecule has 10 heteroatoms. The molecule has 0 amide bonds. The molecule has 0 radical (unpaired) electrons. The first-order valence-electron chi connectivity index (χ1n) is 5.53. The molecule has 0 aromatic carbocycles. The van der Waals surface area contributed by atoms with Gasteiger partial charge in [-0.1, -0.05) is 0 Å². The number of hydrogen-bond acceptors (Lipinski definition) is 8. The highest BCUT2D eigenvalue weighted by molar-refractivity contribution is 7.58. The van der Waals surface area contributed by atoms with Gasteiger partial charge in [0, 0.05) is 0 Å². The molecule has 0 saturated heterocycles. The van der Waals surface area contributed by atoms with Crippen molar-refractivity contribution in [1.29, 1.82) is 0 Å². The number of ether oxygens (including phenoxy) is 1. The van der Waals surface area contributed by atoms with E-state index < -0.39 is 14.2 Å². The maximum atomic E-state index is 9.55. The number of aliphatic hydroxyl groups is 1. The highest BCUT2D eigenvalue weighted by atomic mass is 31.2. The second-order valence-electron chi connectivity index (χ2n) is 3.95. The summed E-state index contributed by atoms with van der Waals surface area (Å²) in [6.07, 6.45) is 1.95. The molecule has 1 aromatic heterocycles. The monoisotopic (exact) mass is 291 g/mol. The maximum Gasteiger partial charge on any atom is 0.403 e. The summed E-state index contributed by atoms with van der Waals surface area (Å²) < 4.78 is 11.7. The molecule has 1 atom stereocenters. The van der Waals surface area contributed by atoms with E-state index in [1.165, 1.54) is 19.3 Å². The largest absolute Gasteiger partial charge is 0.403 e. The van der Waals surface area contributed by atoms with Crippen LogP contribution in [0.25, 0.3) is 0 Å². The minimum Gasteiger partial charge on any atom is -0.366 e. The van der Waals surface area contributed by atoms with E-state index in [4.69, 9.17) is 19.0 Å². The van der Waals surface area contributed by atoms with E-state index in [1.807, 2.05) is 0 Å². The van der Waals surface area contributed by atoms with E-state index in [0.717, 1.165) is 0 Å². The lowest BCUT2D eigenvalue weighted by Crippen LogP contribution is -2.14. The van der Waals surface area contributed by atoms with Crippen LogP contribution >= 0.6 is 7.94 Å². The predicted molar refractivity (Wildman–Crippen MR) is 68.5 cm³/mol. The number of anilines is 1. The second kappa shape index (κ2) is 5.91. The fourth-order valence-corrected chi connectivity index (χ4v) is 1.93. The van der Waals surface area contributed by atoms with E-state index in [-0.39, 0.29) is 19.9 Å². The molecule has 0 fully saturated rings. The van der Waals surface area contributed by atoms with Crippen LogP contribution in [0.15, 0.2) is 11.3 Å². The van der Waals surface area contributed by atoms with Gasteiger partial charge in [-0.3, -0.25) is 4.57 Å². The van der Waals surface area contributed by atoms with E-state index in [0.29, 0.717) is 11.5 Å². The van der Waals surface area contributed by atoms with Crippen molar-refractivity contribution in [3.8, 4) is 0 Å². The lowest BCUT2D eigenvalue weighted by molar-refractivity contribution is 0.0497. The van der Waals surface area contributed by atoms with E-state index in [2.05, 4.69) is 15.3 Å². The first kappa shape index (κ1) is 14.3. The molecule has 0 unspecified atom stereocenters. The number of aliphatic imine (C=N–C) groups is 1. The molecule has 1 aliphatic heterocycles. The zero-order chi connectivity index (χ0) is 13.9. The van der Waals surface area contributed by atoms with Crippen LogP contribution in [0, 0.1) is 0 Å². The summed E-state index contributed by atoms with van der Waals surface area (Å²) in [7, 11) is -3.20. The third-order valence-electron chi connectivity index (χ3n) is 2.32. The molecule has 0 spiro atoms. The average Bonchev–Trinajstić information content (AvgIpc) is 2.72. The van der Waals surface area contributed by atoms with Gasteiger partial charge in [-0.2, -0.15) is 14.3 Å². The normalized spacial score (nSPS) is 18.2. The molecule has 106 valence electrons. The highest BCUT2D eigenvalue weighted by Crippen LogP contribution is 2.45. The topological polar surface area (TPSA) is 121 Å². The van der Waals surface area contributed by atoms with Gasteiger partial charge in [0.25, 0.3) is 0 Å². The molecular formula is C9H16N4O5P+. The fraction of sp³-hybridized carbons (Fsp3) is 0.556. The molecule has 1 aliphatic rings. The summed E-state index contributed by atoms with van der Waals surface area (Å²) in [5, 5.41) is 12.4. The third-order valence-corrected chi connectivity index (χ3v) is 2.99. The van der Waals surface area contributed by atoms with Crippen molar-refractivity contribution in [3.63, 3.8) is 0 Å². The molecule has 19 heavy (non-hydrogen) atoms. The smallest absolute Gasteiger partial charge is 0.366 e. The van der Waals surface area contributed by atoms with Crippen molar-refractivity contribution in [2.75, 3.05) is 25.2 Å². The first-order chi connectivity index (χ1) is 8.97. The van der Waals surface area contributed by atoms with Crippen molar-refractivity contribution in [2.45, 2.75) is 13.0 Å². The number of aromatic nitrogens is 2. The van der Waals surface area contributed by atoms with Crippen molar-refractivity contribution >= 4 is 20.1 Å². The minimum absolute atomic E-state index is 0.0890. The Balaban J connectivity index is 1.79. The lowest BCUT2D eigenvalue weighted by atomic mass is 10.3. The van der Waals surface area contributed by atoms with Gasteiger partial charge in [0.15, 0.2) is 6.23 Å². The maximum absolute atomic E-state index is 9.55. The van der Waals surface area contributed by atoms with Gasteiger partial charge in [0.2, 0.25) is 0 Å². The van der Waals surface area contributed by atoms with E-state index in [9.17, 15) is 5.11 Å². The molecule has 4 N–H and O–H groups in total. The average molecular weight is 291 g/mol. The summed E-state index contributed by atoms with van der Waals surface area (Å²) >= 11 is 0. The molecular weight excluding hydrogens is 275 g/mol. The van der Waals surface area contributed by atoms with Crippen LogP contribution in [0.4, 0.5) is 5.82 Å². The zero-order valence-electron chi connectivity index (χ0n) is 10.3. The zero-order valence-corrected chi connectivity index (χ0v) is 11.2. The fourth-order valence-electron chi connectivity index (χ4n) is 1.51. The Bertz CT molecular complexity index is 458. The molecule has 0 bridgehead atoms. The van der Waals surface area contributed by atoms with Crippen molar-refractivity contribution in [2.24, 2.45) is 4.99 Å². The Kier molecular flexibility index (Phi) is 4.46. The molecule has 1 aromatic rings. The Morgan fingerprint density at radius 2 is 2.26 bits per heavy atom. The van der Waals surface area contributed by atoms with Gasteiger partial charge in [0.1, 0.15) is 31.5 Å². The molecule has 2 heterocycles. The second-order valence-corrected chi connectivity index (χ2v) is 5.88. The number of hydrogen-bond donors (Lipinski definition) is 4. The van der Waals surface area contributed by atoms with Crippen molar-refractivity contribution in [3.05, 3.63) is 12.0 Å². The lowest BCUT2D eigenvalue weighted by Gasteiger charge is -2.14. The quantitative estimate of drug-likeness (QED) is 0.419. The molecule has 0 saturated carbocycles. The van der Waals surface area contributed by atoms with Crippen molar-refractivity contribution < 1.29 is 24.2 Å². The Labute approximate surface area is 110 Å². The standard InChI is InChI=1S/C9H16N4O5P/c1-19(15,16)18-3-2-17-6-13-5-12-7-8(13)10-4-11-9(7)14/h4-5,9,14-16H,2-3,6H2,1H3,(H,10,11)/q+1/t9-/m1/s1. The Hall–Kier alpha value is -1.09. The van der Waals surface area contributed by atoms with Gasteiger partial charge in [0.05, 0.1) is 19.3 Å². The number of aliphatic hydroxyl groups excluding tert-OH is 1. The summed E-state index contributed by atoms with van der Waals surface area (Å²) in [4.78, 5) is 25.8. The molecule has 0 aliphatic carbocycles. The predicted octanol–water partition coefficient (Wildman–Crippen LogP) is -0.305. The van der Waals surface area contributed by atoms with Crippen LogP contribution < -0.4 is 5.32 Å². The van der Waals surface area contributed by atoms with Gasteiger partial charge in [-0.15, -0.1) is 0 Å². The van der Waals surface area contributed by atoms with Crippen LogP contribution in [0.2, 0.25) is 0 Å². The van der Waals surface area contributed by atoms with E-state index >= 15 is 0 Å². The third kappa shape index (κ3) is 3.93. The van der Waals surface area contributed by atoms with Gasteiger partial charge in [-0.05, 0) is 0 Å². The van der Waals surface area contributed by atoms with Crippen LogP contribution in [0.5, 0.6) is 0 Å². The molecule has 2 rings (SSSR count). The summed E-state index contributed by atoms with van der Waals surface area (Å²) in [6, 6.07) is 0. The number of nitrogens with zero attached hydrogens (tertiary/aromatic N) is 3. The highest BCUT2D eigenvalue weighted by Gasteiger charge is 2.26. The van der Waals surface area contributed by atoms with Gasteiger partial charge in [-0.25, -0.2) is 9.98 Å². The van der Waals surface area contributed by atoms with Crippen LogP contribution in [0.1, 0.15) is 11.9 Å². The number of rotatable bonds is 6. The summed E-state index contributed by atoms with van der Waals surface area (Å²) in [5.41, 5.74) is 0.437. The molecule has 9 nitrogen and oxygen atoms in total. The van der Waals surface area contributed by atoms with Crippen molar-refractivity contribution in [1.82, 2.24) is 9.55 Å². The summed E-state index contributed by atoms with van der Waals surface area (Å²) in [6.45, 7) is 1.72. The number of imidazole rings is 1.